The van der Waals surface area contributed by atoms with Crippen molar-refractivity contribution in [2.75, 3.05) is 0 Å². The molecule has 96 valence electrons. The first-order valence-electron chi connectivity index (χ1n) is 5.33. The number of hydrogen-bond donors (Lipinski definition) is 3. The molecule has 0 aliphatic heterocycles. The topological polar surface area (TPSA) is 109 Å². The van der Waals surface area contributed by atoms with Gasteiger partial charge in [-0.15, -0.1) is 0 Å². The van der Waals surface area contributed by atoms with Gasteiger partial charge < -0.3 is 16.2 Å². The van der Waals surface area contributed by atoms with Gasteiger partial charge in [-0.2, -0.15) is 0 Å². The lowest BCUT2D eigenvalue weighted by Gasteiger charge is -2.14. The highest BCUT2D eigenvalue weighted by Gasteiger charge is 2.20. The van der Waals surface area contributed by atoms with Crippen LogP contribution in [0.25, 0.3) is 0 Å². The number of carbonyl (C=O) groups excluding carboxylic acids is 2. The highest BCUT2D eigenvalue weighted by molar-refractivity contribution is 5.97. The molecule has 0 aromatic heterocycles. The summed E-state index contributed by atoms with van der Waals surface area (Å²) in [6.45, 7) is 0. The molecule has 1 aromatic carbocycles. The summed E-state index contributed by atoms with van der Waals surface area (Å²) in [4.78, 5) is 32.8. The molecule has 0 bridgehead atoms. The van der Waals surface area contributed by atoms with Crippen LogP contribution in [0, 0.1) is 0 Å². The van der Waals surface area contributed by atoms with Gasteiger partial charge in [-0.05, 0) is 5.56 Å². The third-order valence-corrected chi connectivity index (χ3v) is 2.25. The molecule has 0 unspecified atom stereocenters. The molecule has 0 radical (unpaired) electrons. The van der Waals surface area contributed by atoms with Crippen LogP contribution in [0.4, 0.5) is 0 Å². The molecule has 18 heavy (non-hydrogen) atoms. The number of hydrogen-bond acceptors (Lipinski definition) is 3. The zero-order valence-electron chi connectivity index (χ0n) is 9.63. The van der Waals surface area contributed by atoms with E-state index < -0.39 is 30.2 Å². The van der Waals surface area contributed by atoms with Crippen molar-refractivity contribution in [3.05, 3.63) is 35.9 Å². The lowest BCUT2D eigenvalue weighted by molar-refractivity contribution is -0.142. The Balaban J connectivity index is 2.64. The van der Waals surface area contributed by atoms with Crippen molar-refractivity contribution >= 4 is 17.8 Å². The first-order valence-corrected chi connectivity index (χ1v) is 5.33. The van der Waals surface area contributed by atoms with Crippen molar-refractivity contribution < 1.29 is 19.5 Å². The molecule has 0 spiro atoms. The minimum absolute atomic E-state index is 0.153. The molecule has 1 aromatic rings. The van der Waals surface area contributed by atoms with E-state index in [4.69, 9.17) is 10.8 Å². The molecule has 0 saturated carbocycles. The van der Waals surface area contributed by atoms with E-state index in [9.17, 15) is 14.4 Å². The lowest BCUT2D eigenvalue weighted by Crippen LogP contribution is -2.43. The molecule has 0 aliphatic rings. The Morgan fingerprint density at radius 1 is 1.22 bits per heavy atom. The first-order chi connectivity index (χ1) is 8.49. The molecule has 0 aliphatic carbocycles. The Kier molecular flexibility index (Phi) is 4.86. The SMILES string of the molecule is NC(=O)CC(=O)N[C@@H](Cc1ccccc1)C(=O)O. The first kappa shape index (κ1) is 13.7. The zero-order valence-corrected chi connectivity index (χ0v) is 9.63. The number of amides is 2. The summed E-state index contributed by atoms with van der Waals surface area (Å²) in [5, 5.41) is 11.2. The number of nitrogens with one attached hydrogen (secondary N) is 1. The number of benzene rings is 1. The van der Waals surface area contributed by atoms with Crippen LogP contribution >= 0.6 is 0 Å². The van der Waals surface area contributed by atoms with Gasteiger partial charge in [-0.25, -0.2) is 4.79 Å². The number of carbonyl (C=O) groups is 3. The fourth-order valence-corrected chi connectivity index (χ4v) is 1.45. The van der Waals surface area contributed by atoms with Crippen LogP contribution in [-0.2, 0) is 20.8 Å². The second-order valence-electron chi connectivity index (χ2n) is 3.79. The van der Waals surface area contributed by atoms with Crippen molar-refractivity contribution in [2.24, 2.45) is 5.73 Å². The van der Waals surface area contributed by atoms with Gasteiger partial charge in [-0.1, -0.05) is 30.3 Å². The molecule has 4 N–H and O–H groups in total. The number of primary amides is 1. The molecule has 1 rings (SSSR count). The predicted molar refractivity (Wildman–Crippen MR) is 63.5 cm³/mol. The van der Waals surface area contributed by atoms with E-state index in [2.05, 4.69) is 5.32 Å². The summed E-state index contributed by atoms with van der Waals surface area (Å²) in [6, 6.07) is 7.82. The number of nitrogens with two attached hydrogens (primary N) is 1. The van der Waals surface area contributed by atoms with Gasteiger partial charge in [0, 0.05) is 6.42 Å². The second-order valence-corrected chi connectivity index (χ2v) is 3.79. The van der Waals surface area contributed by atoms with Gasteiger partial charge in [0.05, 0.1) is 0 Å². The largest absolute Gasteiger partial charge is 0.480 e. The van der Waals surface area contributed by atoms with E-state index in [1.54, 1.807) is 24.3 Å². The van der Waals surface area contributed by atoms with Crippen LogP contribution in [0.1, 0.15) is 12.0 Å². The summed E-state index contributed by atoms with van der Waals surface area (Å²) >= 11 is 0. The van der Waals surface area contributed by atoms with E-state index in [1.165, 1.54) is 0 Å². The molecule has 1 atom stereocenters. The quantitative estimate of drug-likeness (QED) is 0.601. The maximum Gasteiger partial charge on any atom is 0.326 e. The minimum atomic E-state index is -1.16. The van der Waals surface area contributed by atoms with E-state index in [0.717, 1.165) is 5.56 Å². The van der Waals surface area contributed by atoms with Gasteiger partial charge in [0.1, 0.15) is 12.5 Å². The van der Waals surface area contributed by atoms with E-state index in [0.29, 0.717) is 0 Å². The van der Waals surface area contributed by atoms with Crippen LogP contribution in [0.15, 0.2) is 30.3 Å². The van der Waals surface area contributed by atoms with Gasteiger partial charge >= 0.3 is 5.97 Å². The third-order valence-electron chi connectivity index (χ3n) is 2.25. The third kappa shape index (κ3) is 4.65. The number of aliphatic carboxylic acids is 1. The molecule has 0 heterocycles. The number of carboxylic acids is 1. The number of rotatable bonds is 6. The van der Waals surface area contributed by atoms with E-state index >= 15 is 0 Å². The standard InChI is InChI=1S/C12H14N2O4/c13-10(15)7-11(16)14-9(12(17)18)6-8-4-2-1-3-5-8/h1-5,9H,6-7H2,(H2,13,15)(H,14,16)(H,17,18)/t9-/m0/s1. The van der Waals surface area contributed by atoms with Crippen molar-refractivity contribution in [2.45, 2.75) is 18.9 Å². The molecular weight excluding hydrogens is 236 g/mol. The van der Waals surface area contributed by atoms with Crippen LogP contribution in [0.5, 0.6) is 0 Å². The Bertz CT molecular complexity index is 445. The van der Waals surface area contributed by atoms with Crippen molar-refractivity contribution in [1.82, 2.24) is 5.32 Å². The average molecular weight is 250 g/mol. The van der Waals surface area contributed by atoms with Gasteiger partial charge in [-0.3, -0.25) is 9.59 Å². The molecular formula is C12H14N2O4. The monoisotopic (exact) mass is 250 g/mol. The van der Waals surface area contributed by atoms with Crippen LogP contribution in [0.3, 0.4) is 0 Å². The Labute approximate surface area is 104 Å². The Morgan fingerprint density at radius 2 is 1.83 bits per heavy atom. The summed E-state index contributed by atoms with van der Waals surface area (Å²) in [6.07, 6.45) is -0.362. The van der Waals surface area contributed by atoms with Crippen LogP contribution in [0.2, 0.25) is 0 Å². The van der Waals surface area contributed by atoms with Crippen LogP contribution < -0.4 is 11.1 Å². The summed E-state index contributed by atoms with van der Waals surface area (Å²) < 4.78 is 0. The fraction of sp³-hybridized carbons (Fsp3) is 0.250. The highest BCUT2D eigenvalue weighted by Crippen LogP contribution is 2.03. The van der Waals surface area contributed by atoms with Crippen molar-refractivity contribution in [3.8, 4) is 0 Å². The van der Waals surface area contributed by atoms with Gasteiger partial charge in [0.25, 0.3) is 0 Å². The molecule has 0 saturated heterocycles. The van der Waals surface area contributed by atoms with Gasteiger partial charge in [0.2, 0.25) is 11.8 Å². The Morgan fingerprint density at radius 3 is 2.33 bits per heavy atom. The average Bonchev–Trinajstić information content (AvgIpc) is 2.28. The minimum Gasteiger partial charge on any atom is -0.480 e. The van der Waals surface area contributed by atoms with Crippen molar-refractivity contribution in [1.29, 1.82) is 0 Å². The zero-order chi connectivity index (χ0) is 13.5. The second kappa shape index (κ2) is 6.39. The lowest BCUT2D eigenvalue weighted by atomic mass is 10.1. The van der Waals surface area contributed by atoms with Crippen molar-refractivity contribution in [3.63, 3.8) is 0 Å². The highest BCUT2D eigenvalue weighted by atomic mass is 16.4. The molecule has 6 heteroatoms. The van der Waals surface area contributed by atoms with E-state index in [-0.39, 0.29) is 6.42 Å². The summed E-state index contributed by atoms with van der Waals surface area (Å²) in [7, 11) is 0. The molecule has 6 nitrogen and oxygen atoms in total. The summed E-state index contributed by atoms with van der Waals surface area (Å²) in [5.41, 5.74) is 5.63. The van der Waals surface area contributed by atoms with E-state index in [1.807, 2.05) is 6.07 Å². The summed E-state index contributed by atoms with van der Waals surface area (Å²) in [5.74, 6) is -2.64. The fourth-order valence-electron chi connectivity index (χ4n) is 1.45. The smallest absolute Gasteiger partial charge is 0.326 e. The number of carboxylic acid groups (broad SMARTS) is 1. The maximum atomic E-state index is 11.3. The predicted octanol–water partition coefficient (Wildman–Crippen LogP) is -0.326. The van der Waals surface area contributed by atoms with Crippen LogP contribution in [-0.4, -0.2) is 28.9 Å². The maximum absolute atomic E-state index is 11.3. The molecule has 2 amide bonds. The Hall–Kier alpha value is -2.37. The molecule has 0 fully saturated rings. The normalized spacial score (nSPS) is 11.6. The van der Waals surface area contributed by atoms with Gasteiger partial charge in [0.15, 0.2) is 0 Å².